The second kappa shape index (κ2) is 3.71. The Bertz CT molecular complexity index is 528. The number of fused-ring (bicyclic) bond motifs is 1. The number of rotatable bonds is 3. The third kappa shape index (κ3) is 1.49. The molecule has 0 amide bonds. The summed E-state index contributed by atoms with van der Waals surface area (Å²) in [4.78, 5) is 11.0. The van der Waals surface area contributed by atoms with Gasteiger partial charge in [0.1, 0.15) is 6.61 Å². The molecular formula is C12H18O6S. The smallest absolute Gasteiger partial charge is 0.302 e. The van der Waals surface area contributed by atoms with Gasteiger partial charge in [0.05, 0.1) is 16.8 Å². The number of esters is 1. The van der Waals surface area contributed by atoms with Gasteiger partial charge in [-0.15, -0.1) is 0 Å². The predicted octanol–water partition coefficient (Wildman–Crippen LogP) is 0.0553. The van der Waals surface area contributed by atoms with Gasteiger partial charge in [-0.1, -0.05) is 6.92 Å². The van der Waals surface area contributed by atoms with E-state index < -0.39 is 38.3 Å². The minimum Gasteiger partial charge on any atom is -0.465 e. The number of aliphatic hydroxyl groups is 1. The lowest BCUT2D eigenvalue weighted by Gasteiger charge is -2.35. The van der Waals surface area contributed by atoms with E-state index in [1.807, 2.05) is 6.92 Å². The standard InChI is InChI=1S/C12H18O6S/c1-7-10-12(6-17-8(2)14)4-11(7,5-13)3-9(12)19(15,16)18-10/h7,9-10,13H,3-6H2,1-2H3. The SMILES string of the molecule is CC(=O)OCC12CC3(CO)CC1S(=O)(=O)OC2C3C. The van der Waals surface area contributed by atoms with Gasteiger partial charge in [-0.25, -0.2) is 0 Å². The molecule has 2 saturated carbocycles. The van der Waals surface area contributed by atoms with Crippen molar-refractivity contribution in [2.45, 2.75) is 38.0 Å². The van der Waals surface area contributed by atoms with Gasteiger partial charge in [0.25, 0.3) is 10.1 Å². The minimum atomic E-state index is -3.62. The van der Waals surface area contributed by atoms with Gasteiger partial charge in [-0.05, 0) is 18.8 Å². The van der Waals surface area contributed by atoms with Gasteiger partial charge in [0.2, 0.25) is 0 Å². The maximum atomic E-state index is 12.1. The average molecular weight is 290 g/mol. The van der Waals surface area contributed by atoms with Crippen LogP contribution in [0.2, 0.25) is 0 Å². The molecule has 5 atom stereocenters. The fraction of sp³-hybridized carbons (Fsp3) is 0.917. The topological polar surface area (TPSA) is 89.9 Å². The highest BCUT2D eigenvalue weighted by Gasteiger charge is 2.77. The Balaban J connectivity index is 2.02. The highest BCUT2D eigenvalue weighted by Crippen LogP contribution is 2.70. The van der Waals surface area contributed by atoms with Crippen LogP contribution in [0.15, 0.2) is 0 Å². The zero-order valence-corrected chi connectivity index (χ0v) is 11.8. The largest absolute Gasteiger partial charge is 0.465 e. The van der Waals surface area contributed by atoms with Crippen LogP contribution < -0.4 is 0 Å². The molecule has 3 fully saturated rings. The van der Waals surface area contributed by atoms with Gasteiger partial charge in [-0.2, -0.15) is 8.42 Å². The normalized spacial score (nSPS) is 49.5. The number of hydrogen-bond donors (Lipinski definition) is 1. The molecule has 3 aliphatic rings. The molecule has 1 saturated heterocycles. The number of hydrogen-bond acceptors (Lipinski definition) is 6. The molecule has 0 aromatic rings. The molecule has 1 aliphatic heterocycles. The van der Waals surface area contributed by atoms with Crippen molar-refractivity contribution in [3.8, 4) is 0 Å². The van der Waals surface area contributed by atoms with Crippen LogP contribution in [0.5, 0.6) is 0 Å². The van der Waals surface area contributed by atoms with Crippen LogP contribution in [-0.2, 0) is 23.8 Å². The van der Waals surface area contributed by atoms with Crippen molar-refractivity contribution in [3.05, 3.63) is 0 Å². The lowest BCUT2D eigenvalue weighted by molar-refractivity contribution is -0.145. The quantitative estimate of drug-likeness (QED) is 0.584. The summed E-state index contributed by atoms with van der Waals surface area (Å²) in [6.07, 6.45) is 0.451. The number of carbonyl (C=O) groups is 1. The summed E-state index contributed by atoms with van der Waals surface area (Å²) < 4.78 is 34.5. The van der Waals surface area contributed by atoms with Gasteiger partial charge in [0.15, 0.2) is 0 Å². The monoisotopic (exact) mass is 290 g/mol. The molecule has 6 nitrogen and oxygen atoms in total. The van der Waals surface area contributed by atoms with E-state index >= 15 is 0 Å². The third-order valence-corrected chi connectivity index (χ3v) is 7.15. The van der Waals surface area contributed by atoms with Crippen molar-refractivity contribution >= 4 is 16.1 Å². The third-order valence-electron chi connectivity index (χ3n) is 5.35. The molecule has 0 radical (unpaired) electrons. The van der Waals surface area contributed by atoms with Crippen LogP contribution in [-0.4, -0.2) is 44.1 Å². The number of ether oxygens (including phenoxy) is 1. The highest BCUT2D eigenvalue weighted by atomic mass is 32.2. The second-order valence-electron chi connectivity index (χ2n) is 6.20. The van der Waals surface area contributed by atoms with Gasteiger partial charge in [0, 0.05) is 18.9 Å². The Kier molecular flexibility index (Phi) is 2.60. The molecule has 0 spiro atoms. The van der Waals surface area contributed by atoms with E-state index in [1.165, 1.54) is 6.92 Å². The maximum absolute atomic E-state index is 12.1. The highest BCUT2D eigenvalue weighted by molar-refractivity contribution is 7.87. The fourth-order valence-electron chi connectivity index (χ4n) is 4.37. The van der Waals surface area contributed by atoms with Gasteiger partial charge >= 0.3 is 5.97 Å². The van der Waals surface area contributed by atoms with E-state index in [9.17, 15) is 18.3 Å². The van der Waals surface area contributed by atoms with E-state index in [1.54, 1.807) is 0 Å². The molecule has 5 unspecified atom stereocenters. The van der Waals surface area contributed by atoms with Gasteiger partial charge < -0.3 is 9.84 Å². The van der Waals surface area contributed by atoms with Crippen LogP contribution in [0.25, 0.3) is 0 Å². The minimum absolute atomic E-state index is 0.0537. The van der Waals surface area contributed by atoms with E-state index in [-0.39, 0.29) is 19.1 Å². The zero-order valence-electron chi connectivity index (χ0n) is 11.0. The lowest BCUT2D eigenvalue weighted by atomic mass is 9.73. The number of carbonyl (C=O) groups excluding carboxylic acids is 1. The summed E-state index contributed by atoms with van der Waals surface area (Å²) in [5.74, 6) is -0.478. The summed E-state index contributed by atoms with van der Waals surface area (Å²) in [6.45, 7) is 3.22. The maximum Gasteiger partial charge on any atom is 0.302 e. The van der Waals surface area contributed by atoms with Crippen molar-refractivity contribution < 1.29 is 27.2 Å². The van der Waals surface area contributed by atoms with Crippen molar-refractivity contribution in [1.82, 2.24) is 0 Å². The van der Waals surface area contributed by atoms with Gasteiger partial charge in [-0.3, -0.25) is 8.98 Å². The first-order chi connectivity index (χ1) is 8.77. The molecule has 0 aromatic carbocycles. The molecule has 2 bridgehead atoms. The van der Waals surface area contributed by atoms with Crippen LogP contribution in [0.4, 0.5) is 0 Å². The summed E-state index contributed by atoms with van der Waals surface area (Å²) in [7, 11) is -3.62. The zero-order chi connectivity index (χ0) is 14.1. The summed E-state index contributed by atoms with van der Waals surface area (Å²) >= 11 is 0. The summed E-state index contributed by atoms with van der Waals surface area (Å²) in [5.41, 5.74) is -1.09. The van der Waals surface area contributed by atoms with E-state index in [0.717, 1.165) is 0 Å². The fourth-order valence-corrected chi connectivity index (χ4v) is 6.55. The average Bonchev–Trinajstić information content (AvgIpc) is 2.84. The lowest BCUT2D eigenvalue weighted by Crippen LogP contribution is -2.44. The molecule has 3 rings (SSSR count). The van der Waals surface area contributed by atoms with Crippen molar-refractivity contribution in [2.75, 3.05) is 13.2 Å². The van der Waals surface area contributed by atoms with Crippen molar-refractivity contribution in [2.24, 2.45) is 16.7 Å². The Morgan fingerprint density at radius 2 is 2.21 bits per heavy atom. The predicted molar refractivity (Wildman–Crippen MR) is 64.6 cm³/mol. The van der Waals surface area contributed by atoms with Crippen LogP contribution in [0.1, 0.15) is 26.7 Å². The summed E-state index contributed by atoms with van der Waals surface area (Å²) in [6, 6.07) is 0. The van der Waals surface area contributed by atoms with Crippen molar-refractivity contribution in [3.63, 3.8) is 0 Å². The first-order valence-corrected chi connectivity index (χ1v) is 7.91. The van der Waals surface area contributed by atoms with Crippen molar-refractivity contribution in [1.29, 1.82) is 0 Å². The molecule has 1 heterocycles. The molecule has 1 N–H and O–H groups in total. The Morgan fingerprint density at radius 3 is 2.79 bits per heavy atom. The van der Waals surface area contributed by atoms with Crippen LogP contribution >= 0.6 is 0 Å². The van der Waals surface area contributed by atoms with E-state index in [2.05, 4.69) is 0 Å². The van der Waals surface area contributed by atoms with Crippen LogP contribution in [0, 0.1) is 16.7 Å². The molecule has 7 heteroatoms. The van der Waals surface area contributed by atoms with E-state index in [4.69, 9.17) is 8.92 Å². The Hall–Kier alpha value is -0.660. The van der Waals surface area contributed by atoms with Crippen LogP contribution in [0.3, 0.4) is 0 Å². The van der Waals surface area contributed by atoms with E-state index in [0.29, 0.717) is 12.8 Å². The molecule has 108 valence electrons. The second-order valence-corrected chi connectivity index (χ2v) is 7.95. The Labute approximate surface area is 112 Å². The first kappa shape index (κ1) is 13.3. The number of aliphatic hydroxyl groups excluding tert-OH is 1. The summed E-state index contributed by atoms with van der Waals surface area (Å²) in [5, 5.41) is 9.02. The Morgan fingerprint density at radius 1 is 1.53 bits per heavy atom. The molecule has 2 aliphatic carbocycles. The molecular weight excluding hydrogens is 272 g/mol. The molecule has 0 aromatic heterocycles. The first-order valence-electron chi connectivity index (χ1n) is 6.44. The molecule has 19 heavy (non-hydrogen) atoms.